The maximum absolute atomic E-state index is 13.4. The van der Waals surface area contributed by atoms with E-state index < -0.39 is 5.79 Å². The van der Waals surface area contributed by atoms with Crippen molar-refractivity contribution in [2.45, 2.75) is 52.2 Å². The molecule has 4 nitrogen and oxygen atoms in total. The molecule has 1 saturated heterocycles. The Labute approximate surface area is 143 Å². The number of hydrogen-bond donors (Lipinski definition) is 1. The predicted molar refractivity (Wildman–Crippen MR) is 94.8 cm³/mol. The zero-order valence-electron chi connectivity index (χ0n) is 14.8. The zero-order chi connectivity index (χ0) is 17.6. The van der Waals surface area contributed by atoms with Crippen LogP contribution in [0.15, 0.2) is 40.5 Å². The van der Waals surface area contributed by atoms with Gasteiger partial charge in [-0.2, -0.15) is 0 Å². The fourth-order valence-electron chi connectivity index (χ4n) is 3.02. The molecular weight excluding hydrogens is 307 g/mol. The number of allylic oxidation sites excluding steroid dienone is 2. The van der Waals surface area contributed by atoms with Crippen molar-refractivity contribution in [1.82, 2.24) is 0 Å². The molecule has 0 radical (unpaired) electrons. The van der Waals surface area contributed by atoms with E-state index in [1.165, 1.54) is 12.1 Å². The number of benzene rings is 1. The first-order chi connectivity index (χ1) is 11.6. The van der Waals surface area contributed by atoms with Gasteiger partial charge in [-0.15, -0.1) is 0 Å². The topological polar surface area (TPSA) is 56.8 Å². The van der Waals surface area contributed by atoms with Gasteiger partial charge in [-0.3, -0.25) is 4.99 Å². The predicted octanol–water partition coefficient (Wildman–Crippen LogP) is 4.47. The fraction of sp³-hybridized carbons (Fsp3) is 0.526. The van der Waals surface area contributed by atoms with Gasteiger partial charge in [-0.1, -0.05) is 26.8 Å². The zero-order valence-corrected chi connectivity index (χ0v) is 14.8. The molecule has 0 bridgehead atoms. The number of hydrogen-bond acceptors (Lipinski definition) is 4. The SMILES string of the molecule is CC.CC/C(N)=C1\CCC2(CC1=Nc1cccc(F)c1)OCCO2. The third kappa shape index (κ3) is 4.22. The molecule has 2 N–H and O–H groups in total. The Morgan fingerprint density at radius 3 is 2.62 bits per heavy atom. The third-order valence-electron chi connectivity index (χ3n) is 4.20. The van der Waals surface area contributed by atoms with Crippen molar-refractivity contribution in [1.29, 1.82) is 0 Å². The van der Waals surface area contributed by atoms with E-state index in [2.05, 4.69) is 4.99 Å². The van der Waals surface area contributed by atoms with Crippen LogP contribution in [0, 0.1) is 5.82 Å². The number of nitrogens with zero attached hydrogens (tertiary/aromatic N) is 1. The second kappa shape index (κ2) is 8.40. The molecule has 0 atom stereocenters. The minimum Gasteiger partial charge on any atom is -0.402 e. The van der Waals surface area contributed by atoms with Gasteiger partial charge in [0.1, 0.15) is 5.82 Å². The standard InChI is InChI=1S/C17H21FN2O2.C2H6/c1-2-15(19)14-6-7-17(21-8-9-22-17)11-16(14)20-13-5-3-4-12(18)10-13;1-2/h3-5,10H,2,6-9,11,19H2,1H3;1-2H3/b15-14-,20-16?;. The van der Waals surface area contributed by atoms with E-state index >= 15 is 0 Å². The molecule has 1 heterocycles. The summed E-state index contributed by atoms with van der Waals surface area (Å²) in [6, 6.07) is 6.27. The summed E-state index contributed by atoms with van der Waals surface area (Å²) in [4.78, 5) is 4.63. The highest BCUT2D eigenvalue weighted by Crippen LogP contribution is 2.38. The Bertz CT molecular complexity index is 620. The first-order valence-corrected chi connectivity index (χ1v) is 8.71. The lowest BCUT2D eigenvalue weighted by Crippen LogP contribution is -2.38. The van der Waals surface area contributed by atoms with E-state index in [-0.39, 0.29) is 5.82 Å². The minimum absolute atomic E-state index is 0.297. The average molecular weight is 334 g/mol. The second-order valence-electron chi connectivity index (χ2n) is 5.68. The molecule has 1 spiro atoms. The maximum atomic E-state index is 13.4. The van der Waals surface area contributed by atoms with Crippen molar-refractivity contribution >= 4 is 11.4 Å². The smallest absolute Gasteiger partial charge is 0.174 e. The molecule has 1 aliphatic carbocycles. The van der Waals surface area contributed by atoms with Gasteiger partial charge in [-0.25, -0.2) is 4.39 Å². The van der Waals surface area contributed by atoms with Gasteiger partial charge in [0.25, 0.3) is 0 Å². The Hall–Kier alpha value is -1.72. The Kier molecular flexibility index (Phi) is 6.52. The van der Waals surface area contributed by atoms with Gasteiger partial charge >= 0.3 is 0 Å². The fourth-order valence-corrected chi connectivity index (χ4v) is 3.02. The monoisotopic (exact) mass is 334 g/mol. The lowest BCUT2D eigenvalue weighted by Gasteiger charge is -2.34. The molecule has 132 valence electrons. The average Bonchev–Trinajstić information content (AvgIpc) is 3.04. The van der Waals surface area contributed by atoms with Gasteiger partial charge in [-0.05, 0) is 36.6 Å². The summed E-state index contributed by atoms with van der Waals surface area (Å²) >= 11 is 0. The summed E-state index contributed by atoms with van der Waals surface area (Å²) < 4.78 is 25.0. The summed E-state index contributed by atoms with van der Waals surface area (Å²) in [5.74, 6) is -0.876. The van der Waals surface area contributed by atoms with Crippen LogP contribution in [0.3, 0.4) is 0 Å². The molecule has 2 aliphatic rings. The largest absolute Gasteiger partial charge is 0.402 e. The highest BCUT2D eigenvalue weighted by Gasteiger charge is 2.42. The summed E-state index contributed by atoms with van der Waals surface area (Å²) in [6.45, 7) is 7.24. The number of rotatable bonds is 2. The summed E-state index contributed by atoms with van der Waals surface area (Å²) in [6.07, 6.45) is 2.88. The first kappa shape index (κ1) is 18.6. The van der Waals surface area contributed by atoms with Crippen LogP contribution in [0.5, 0.6) is 0 Å². The van der Waals surface area contributed by atoms with Gasteiger partial charge in [0.15, 0.2) is 5.79 Å². The second-order valence-corrected chi connectivity index (χ2v) is 5.68. The van der Waals surface area contributed by atoms with Crippen LogP contribution in [0.1, 0.15) is 46.5 Å². The van der Waals surface area contributed by atoms with Crippen molar-refractivity contribution in [2.75, 3.05) is 13.2 Å². The summed E-state index contributed by atoms with van der Waals surface area (Å²) in [5.41, 5.74) is 9.48. The van der Waals surface area contributed by atoms with E-state index in [1.54, 1.807) is 12.1 Å². The lowest BCUT2D eigenvalue weighted by molar-refractivity contribution is -0.157. The number of nitrogens with two attached hydrogens (primary N) is 1. The summed E-state index contributed by atoms with van der Waals surface area (Å²) in [5, 5.41) is 0. The quantitative estimate of drug-likeness (QED) is 0.868. The van der Waals surface area contributed by atoms with E-state index in [0.717, 1.165) is 36.2 Å². The van der Waals surface area contributed by atoms with Gasteiger partial charge < -0.3 is 15.2 Å². The molecule has 1 aliphatic heterocycles. The molecule has 0 aromatic heterocycles. The molecule has 5 heteroatoms. The summed E-state index contributed by atoms with van der Waals surface area (Å²) in [7, 11) is 0. The van der Waals surface area contributed by atoms with Crippen LogP contribution in [0.25, 0.3) is 0 Å². The van der Waals surface area contributed by atoms with Crippen LogP contribution in [0.2, 0.25) is 0 Å². The maximum Gasteiger partial charge on any atom is 0.174 e. The normalized spacial score (nSPS) is 23.1. The molecule has 2 fully saturated rings. The van der Waals surface area contributed by atoms with Crippen LogP contribution in [0.4, 0.5) is 10.1 Å². The first-order valence-electron chi connectivity index (χ1n) is 8.71. The van der Waals surface area contributed by atoms with Crippen molar-refractivity contribution < 1.29 is 13.9 Å². The van der Waals surface area contributed by atoms with Gasteiger partial charge in [0.05, 0.1) is 24.6 Å². The highest BCUT2D eigenvalue weighted by molar-refractivity contribution is 6.03. The van der Waals surface area contributed by atoms with Crippen LogP contribution in [-0.4, -0.2) is 24.7 Å². The minimum atomic E-state index is -0.580. The van der Waals surface area contributed by atoms with Crippen LogP contribution in [-0.2, 0) is 9.47 Å². The Morgan fingerprint density at radius 2 is 2.00 bits per heavy atom. The lowest BCUT2D eigenvalue weighted by atomic mass is 9.86. The Balaban J connectivity index is 0.00000100. The van der Waals surface area contributed by atoms with E-state index in [9.17, 15) is 4.39 Å². The molecule has 1 saturated carbocycles. The van der Waals surface area contributed by atoms with Crippen LogP contribution < -0.4 is 5.73 Å². The Morgan fingerprint density at radius 1 is 1.29 bits per heavy atom. The van der Waals surface area contributed by atoms with E-state index in [4.69, 9.17) is 15.2 Å². The van der Waals surface area contributed by atoms with Gasteiger partial charge in [0.2, 0.25) is 0 Å². The highest BCUT2D eigenvalue weighted by atomic mass is 19.1. The van der Waals surface area contributed by atoms with Crippen LogP contribution >= 0.6 is 0 Å². The van der Waals surface area contributed by atoms with Crippen molar-refractivity contribution in [3.8, 4) is 0 Å². The van der Waals surface area contributed by atoms with E-state index in [0.29, 0.717) is 25.3 Å². The molecular formula is C19H27FN2O2. The molecule has 0 amide bonds. The number of halogens is 1. The van der Waals surface area contributed by atoms with Crippen molar-refractivity contribution in [3.05, 3.63) is 41.4 Å². The molecule has 24 heavy (non-hydrogen) atoms. The van der Waals surface area contributed by atoms with E-state index in [1.807, 2.05) is 20.8 Å². The molecule has 0 unspecified atom stereocenters. The third-order valence-corrected chi connectivity index (χ3v) is 4.20. The molecule has 1 aromatic rings. The number of aliphatic imine (C=N–C) groups is 1. The number of ether oxygens (including phenoxy) is 2. The van der Waals surface area contributed by atoms with Crippen molar-refractivity contribution in [2.24, 2.45) is 10.7 Å². The van der Waals surface area contributed by atoms with Gasteiger partial charge in [0, 0.05) is 18.5 Å². The molecule has 1 aromatic carbocycles. The molecule has 3 rings (SSSR count). The van der Waals surface area contributed by atoms with Crippen molar-refractivity contribution in [3.63, 3.8) is 0 Å².